The van der Waals surface area contributed by atoms with Gasteiger partial charge in [0.25, 0.3) is 10.0 Å². The van der Waals surface area contributed by atoms with Crippen molar-refractivity contribution in [2.75, 3.05) is 17.1 Å². The van der Waals surface area contributed by atoms with Gasteiger partial charge in [-0.15, -0.1) is 15.3 Å². The SMILES string of the molecule is CN(c1ccc(Cl)cc1)S(=O)(=O)c1ccccc1/N=N/c1c(N)nn(-c2ccccc2)c1O. The lowest BCUT2D eigenvalue weighted by atomic mass is 10.3. The van der Waals surface area contributed by atoms with E-state index in [-0.39, 0.29) is 28.0 Å². The largest absolute Gasteiger partial charge is 0.492 e. The lowest BCUT2D eigenvalue weighted by Gasteiger charge is -2.20. The number of para-hydroxylation sites is 1. The van der Waals surface area contributed by atoms with E-state index in [0.29, 0.717) is 16.4 Å². The summed E-state index contributed by atoms with van der Waals surface area (Å²) in [4.78, 5) is -0.0697. The molecule has 168 valence electrons. The summed E-state index contributed by atoms with van der Waals surface area (Å²) in [5, 5.41) is 23.2. The highest BCUT2D eigenvalue weighted by Gasteiger charge is 2.25. The zero-order valence-electron chi connectivity index (χ0n) is 17.4. The normalized spacial score (nSPS) is 11.7. The molecule has 3 aromatic carbocycles. The first-order valence-corrected chi connectivity index (χ1v) is 11.5. The first-order chi connectivity index (χ1) is 15.8. The molecule has 4 rings (SSSR count). The van der Waals surface area contributed by atoms with Crippen LogP contribution in [0.2, 0.25) is 5.02 Å². The maximum absolute atomic E-state index is 13.3. The van der Waals surface area contributed by atoms with Gasteiger partial charge in [0.2, 0.25) is 5.88 Å². The molecule has 0 saturated heterocycles. The topological polar surface area (TPSA) is 126 Å². The molecule has 1 aromatic heterocycles. The molecule has 0 radical (unpaired) electrons. The van der Waals surface area contributed by atoms with Gasteiger partial charge in [-0.2, -0.15) is 4.68 Å². The van der Waals surface area contributed by atoms with Crippen LogP contribution in [0.1, 0.15) is 0 Å². The molecule has 1 heterocycles. The van der Waals surface area contributed by atoms with Crippen molar-refractivity contribution in [3.05, 3.63) is 83.9 Å². The number of benzene rings is 3. The van der Waals surface area contributed by atoms with E-state index in [1.165, 1.54) is 23.9 Å². The standard InChI is InChI=1S/C22H19ClN6O3S/c1-28(16-13-11-15(23)12-14-16)33(31,32)19-10-6-5-9-18(19)25-26-20-21(24)27-29(22(20)30)17-7-3-2-4-8-17/h2-14,30H,1H3,(H2,24,27)/b26-25+. The summed E-state index contributed by atoms with van der Waals surface area (Å²) >= 11 is 5.91. The molecule has 4 aromatic rings. The molecular formula is C22H19ClN6O3S. The van der Waals surface area contributed by atoms with Crippen molar-refractivity contribution in [1.82, 2.24) is 9.78 Å². The van der Waals surface area contributed by atoms with Crippen LogP contribution < -0.4 is 10.0 Å². The second kappa shape index (κ2) is 8.93. The zero-order chi connectivity index (χ0) is 23.6. The summed E-state index contributed by atoms with van der Waals surface area (Å²) < 4.78 is 28.9. The van der Waals surface area contributed by atoms with E-state index >= 15 is 0 Å². The summed E-state index contributed by atoms with van der Waals surface area (Å²) in [5.74, 6) is -0.375. The van der Waals surface area contributed by atoms with Gasteiger partial charge in [-0.1, -0.05) is 41.9 Å². The van der Waals surface area contributed by atoms with Crippen LogP contribution in [0.5, 0.6) is 5.88 Å². The maximum Gasteiger partial charge on any atom is 0.266 e. The predicted octanol–water partition coefficient (Wildman–Crippen LogP) is 5.05. The quantitative estimate of drug-likeness (QED) is 0.371. The van der Waals surface area contributed by atoms with Gasteiger partial charge in [0.15, 0.2) is 11.5 Å². The first kappa shape index (κ1) is 22.3. The number of sulfonamides is 1. The first-order valence-electron chi connectivity index (χ1n) is 9.67. The Bertz CT molecular complexity index is 1420. The molecule has 0 fully saturated rings. The highest BCUT2D eigenvalue weighted by atomic mass is 35.5. The number of hydrogen-bond donors (Lipinski definition) is 2. The third-order valence-corrected chi connectivity index (χ3v) is 6.90. The second-order valence-electron chi connectivity index (χ2n) is 6.92. The lowest BCUT2D eigenvalue weighted by Crippen LogP contribution is -2.26. The molecule has 33 heavy (non-hydrogen) atoms. The number of nitrogens with two attached hydrogens (primary N) is 1. The number of hydrogen-bond acceptors (Lipinski definition) is 7. The van der Waals surface area contributed by atoms with Gasteiger partial charge >= 0.3 is 0 Å². The van der Waals surface area contributed by atoms with Crippen molar-refractivity contribution in [3.63, 3.8) is 0 Å². The van der Waals surface area contributed by atoms with Gasteiger partial charge in [0.05, 0.1) is 11.4 Å². The minimum absolute atomic E-state index is 0.0567. The van der Waals surface area contributed by atoms with E-state index < -0.39 is 10.0 Å². The van der Waals surface area contributed by atoms with E-state index in [4.69, 9.17) is 17.3 Å². The fraction of sp³-hybridized carbons (Fsp3) is 0.0455. The van der Waals surface area contributed by atoms with Crippen molar-refractivity contribution < 1.29 is 13.5 Å². The maximum atomic E-state index is 13.3. The summed E-state index contributed by atoms with van der Waals surface area (Å²) in [6.45, 7) is 0. The molecule has 0 amide bonds. The predicted molar refractivity (Wildman–Crippen MR) is 127 cm³/mol. The Morgan fingerprint density at radius 3 is 2.30 bits per heavy atom. The summed E-state index contributed by atoms with van der Waals surface area (Å²) in [6.07, 6.45) is 0. The average molecular weight is 483 g/mol. The number of aromatic nitrogens is 2. The fourth-order valence-corrected chi connectivity index (χ4v) is 4.51. The number of nitrogen functional groups attached to an aromatic ring is 1. The minimum Gasteiger partial charge on any atom is -0.492 e. The Balaban J connectivity index is 1.70. The minimum atomic E-state index is -3.98. The van der Waals surface area contributed by atoms with Gasteiger partial charge in [-0.25, -0.2) is 8.42 Å². The Hall–Kier alpha value is -3.89. The number of nitrogens with zero attached hydrogens (tertiary/aromatic N) is 5. The number of azo groups is 1. The van der Waals surface area contributed by atoms with Crippen molar-refractivity contribution in [3.8, 4) is 11.6 Å². The van der Waals surface area contributed by atoms with Crippen LogP contribution in [0.3, 0.4) is 0 Å². The van der Waals surface area contributed by atoms with E-state index in [9.17, 15) is 13.5 Å². The Labute approximate surface area is 195 Å². The van der Waals surface area contributed by atoms with E-state index in [1.54, 1.807) is 60.7 Å². The monoisotopic (exact) mass is 482 g/mol. The smallest absolute Gasteiger partial charge is 0.266 e. The van der Waals surface area contributed by atoms with Crippen LogP contribution in [-0.4, -0.2) is 30.4 Å². The van der Waals surface area contributed by atoms with Gasteiger partial charge in [-0.3, -0.25) is 4.31 Å². The summed E-state index contributed by atoms with van der Waals surface area (Å²) in [5.41, 5.74) is 6.93. The van der Waals surface area contributed by atoms with Crippen molar-refractivity contribution >= 4 is 44.5 Å². The average Bonchev–Trinajstić information content (AvgIpc) is 3.11. The summed E-state index contributed by atoms with van der Waals surface area (Å²) in [7, 11) is -2.55. The molecule has 0 bridgehead atoms. The van der Waals surface area contributed by atoms with Crippen LogP contribution in [-0.2, 0) is 10.0 Å². The molecule has 9 nitrogen and oxygen atoms in total. The second-order valence-corrected chi connectivity index (χ2v) is 9.30. The Kier molecular flexibility index (Phi) is 6.03. The van der Waals surface area contributed by atoms with Crippen LogP contribution in [0.25, 0.3) is 5.69 Å². The fourth-order valence-electron chi connectivity index (χ4n) is 3.06. The van der Waals surface area contributed by atoms with Crippen LogP contribution in [0.4, 0.5) is 22.9 Å². The van der Waals surface area contributed by atoms with Gasteiger partial charge in [0.1, 0.15) is 10.6 Å². The molecule has 0 unspecified atom stereocenters. The zero-order valence-corrected chi connectivity index (χ0v) is 18.9. The van der Waals surface area contributed by atoms with Crippen molar-refractivity contribution in [1.29, 1.82) is 0 Å². The molecule has 0 atom stereocenters. The Morgan fingerprint density at radius 1 is 0.970 bits per heavy atom. The third-order valence-electron chi connectivity index (χ3n) is 4.82. The van der Waals surface area contributed by atoms with E-state index in [1.807, 2.05) is 6.07 Å². The molecule has 0 spiro atoms. The molecule has 3 N–H and O–H groups in total. The third kappa shape index (κ3) is 4.38. The van der Waals surface area contributed by atoms with Gasteiger partial charge in [0, 0.05) is 12.1 Å². The number of anilines is 2. The highest BCUT2D eigenvalue weighted by molar-refractivity contribution is 7.93. The van der Waals surface area contributed by atoms with Gasteiger partial charge in [-0.05, 0) is 48.5 Å². The molecule has 0 aliphatic heterocycles. The molecule has 0 aliphatic carbocycles. The van der Waals surface area contributed by atoms with Crippen LogP contribution in [0.15, 0.2) is 94.0 Å². The van der Waals surface area contributed by atoms with E-state index in [0.717, 1.165) is 4.31 Å². The lowest BCUT2D eigenvalue weighted by molar-refractivity contribution is 0.434. The van der Waals surface area contributed by atoms with Crippen molar-refractivity contribution in [2.45, 2.75) is 4.90 Å². The van der Waals surface area contributed by atoms with Gasteiger partial charge < -0.3 is 10.8 Å². The van der Waals surface area contributed by atoms with Crippen LogP contribution in [0, 0.1) is 0 Å². The summed E-state index contributed by atoms with van der Waals surface area (Å²) in [6, 6.07) is 21.4. The molecular weight excluding hydrogens is 464 g/mol. The Morgan fingerprint density at radius 2 is 1.61 bits per heavy atom. The highest BCUT2D eigenvalue weighted by Crippen LogP contribution is 2.37. The molecule has 0 aliphatic rings. The molecule has 11 heteroatoms. The van der Waals surface area contributed by atoms with Crippen molar-refractivity contribution in [2.24, 2.45) is 10.2 Å². The van der Waals surface area contributed by atoms with Crippen LogP contribution >= 0.6 is 11.6 Å². The number of rotatable bonds is 6. The molecule has 0 saturated carbocycles. The number of halogens is 1. The number of aromatic hydroxyl groups is 1. The van der Waals surface area contributed by atoms with E-state index in [2.05, 4.69) is 15.3 Å².